The maximum Gasteiger partial charge on any atom is 0.337 e. The minimum absolute atomic E-state index is 0.275. The number of urea groups is 1. The van der Waals surface area contributed by atoms with E-state index < -0.39 is 0 Å². The Morgan fingerprint density at radius 2 is 1.75 bits per heavy atom. The highest BCUT2D eigenvalue weighted by atomic mass is 16.5. The number of nitrogens with zero attached hydrogens (tertiary/aromatic N) is 2. The van der Waals surface area contributed by atoms with Crippen molar-refractivity contribution in [3.05, 3.63) is 53.9 Å². The lowest BCUT2D eigenvalue weighted by molar-refractivity contribution is 0.0600. The minimum Gasteiger partial charge on any atom is -0.465 e. The number of amides is 2. The molecule has 0 saturated heterocycles. The molecule has 0 bridgehead atoms. The number of hydrogen-bond acceptors (Lipinski definition) is 6. The summed E-state index contributed by atoms with van der Waals surface area (Å²) in [6.45, 7) is 1.32. The van der Waals surface area contributed by atoms with Crippen LogP contribution in [0.25, 0.3) is 0 Å². The summed E-state index contributed by atoms with van der Waals surface area (Å²) in [5.41, 5.74) is 1.36. The highest BCUT2D eigenvalue weighted by molar-refractivity contribution is 5.89. The molecule has 0 aliphatic carbocycles. The summed E-state index contributed by atoms with van der Waals surface area (Å²) in [7, 11) is 1.33. The third-order valence-electron chi connectivity index (χ3n) is 3.09. The zero-order valence-corrected chi connectivity index (χ0v) is 13.3. The fraction of sp³-hybridized carbons (Fsp3) is 0.250. The first-order chi connectivity index (χ1) is 11.7. The molecular weight excluding hydrogens is 310 g/mol. The number of carbonyl (C=O) groups is 2. The second-order valence-electron chi connectivity index (χ2n) is 4.80. The molecule has 1 aromatic heterocycles. The lowest BCUT2D eigenvalue weighted by Gasteiger charge is -2.09. The van der Waals surface area contributed by atoms with Crippen molar-refractivity contribution in [2.45, 2.75) is 6.54 Å². The molecule has 0 aliphatic heterocycles. The van der Waals surface area contributed by atoms with E-state index in [0.29, 0.717) is 31.1 Å². The molecule has 24 heavy (non-hydrogen) atoms. The highest BCUT2D eigenvalue weighted by Gasteiger charge is 2.05. The van der Waals surface area contributed by atoms with E-state index >= 15 is 0 Å². The molecule has 2 aromatic rings. The van der Waals surface area contributed by atoms with Gasteiger partial charge in [0, 0.05) is 32.0 Å². The van der Waals surface area contributed by atoms with Crippen LogP contribution in [0.3, 0.4) is 0 Å². The fourth-order valence-corrected chi connectivity index (χ4v) is 1.86. The predicted octanol–water partition coefficient (Wildman–Crippen LogP) is 1.17. The van der Waals surface area contributed by atoms with E-state index in [9.17, 15) is 9.59 Å². The lowest BCUT2D eigenvalue weighted by Crippen LogP contribution is -2.37. The molecular formula is C16H19N5O3. The van der Waals surface area contributed by atoms with Crippen molar-refractivity contribution in [2.75, 3.05) is 25.5 Å². The van der Waals surface area contributed by atoms with Gasteiger partial charge < -0.3 is 20.7 Å². The van der Waals surface area contributed by atoms with E-state index in [1.165, 1.54) is 7.11 Å². The van der Waals surface area contributed by atoms with E-state index in [-0.39, 0.29) is 12.0 Å². The van der Waals surface area contributed by atoms with E-state index in [4.69, 9.17) is 0 Å². The van der Waals surface area contributed by atoms with E-state index in [0.717, 1.165) is 5.56 Å². The maximum absolute atomic E-state index is 11.7. The number of ether oxygens (including phenoxy) is 1. The molecule has 0 fully saturated rings. The van der Waals surface area contributed by atoms with Gasteiger partial charge in [-0.25, -0.2) is 19.6 Å². The van der Waals surface area contributed by atoms with Crippen molar-refractivity contribution >= 4 is 17.9 Å². The molecule has 0 unspecified atom stereocenters. The summed E-state index contributed by atoms with van der Waals surface area (Å²) in [5.74, 6) is 0.132. The molecule has 0 atom stereocenters. The Morgan fingerprint density at radius 3 is 2.42 bits per heavy atom. The number of carbonyl (C=O) groups excluding carboxylic acids is 2. The Kier molecular flexibility index (Phi) is 6.51. The summed E-state index contributed by atoms with van der Waals surface area (Å²) in [6, 6.07) is 8.30. The van der Waals surface area contributed by atoms with Gasteiger partial charge >= 0.3 is 12.0 Å². The monoisotopic (exact) mass is 329 g/mol. The van der Waals surface area contributed by atoms with Gasteiger partial charge in [-0.15, -0.1) is 0 Å². The molecule has 2 rings (SSSR count). The Balaban J connectivity index is 1.65. The van der Waals surface area contributed by atoms with Crippen LogP contribution in [0.2, 0.25) is 0 Å². The van der Waals surface area contributed by atoms with Gasteiger partial charge in [0.1, 0.15) is 0 Å². The van der Waals surface area contributed by atoms with Crippen molar-refractivity contribution in [3.63, 3.8) is 0 Å². The normalized spacial score (nSPS) is 9.88. The van der Waals surface area contributed by atoms with Crippen LogP contribution in [-0.4, -0.2) is 42.2 Å². The molecule has 3 N–H and O–H groups in total. The summed E-state index contributed by atoms with van der Waals surface area (Å²) in [6.07, 6.45) is 3.28. The van der Waals surface area contributed by atoms with Gasteiger partial charge in [0.15, 0.2) is 0 Å². The number of methoxy groups -OCH3 is 1. The third-order valence-corrected chi connectivity index (χ3v) is 3.09. The van der Waals surface area contributed by atoms with Crippen LogP contribution in [-0.2, 0) is 11.3 Å². The number of aromatic nitrogens is 2. The molecule has 1 heterocycles. The zero-order chi connectivity index (χ0) is 17.2. The van der Waals surface area contributed by atoms with Crippen LogP contribution in [0.1, 0.15) is 15.9 Å². The quantitative estimate of drug-likeness (QED) is 0.520. The maximum atomic E-state index is 11.7. The Morgan fingerprint density at radius 1 is 1.04 bits per heavy atom. The molecule has 8 nitrogen and oxygen atoms in total. The van der Waals surface area contributed by atoms with Crippen LogP contribution >= 0.6 is 0 Å². The van der Waals surface area contributed by atoms with Crippen LogP contribution in [0.4, 0.5) is 10.7 Å². The standard InChI is InChI=1S/C16H19N5O3/c1-24-14(22)13-5-3-12(4-6-13)11-21-16(23)20-10-9-19-15-17-7-2-8-18-15/h2-8H,9-11H2,1H3,(H,17,18,19)(H2,20,21,23). The van der Waals surface area contributed by atoms with Gasteiger partial charge in [-0.3, -0.25) is 0 Å². The van der Waals surface area contributed by atoms with Crippen molar-refractivity contribution in [1.29, 1.82) is 0 Å². The highest BCUT2D eigenvalue weighted by Crippen LogP contribution is 2.05. The van der Waals surface area contributed by atoms with E-state index in [2.05, 4.69) is 30.7 Å². The molecule has 126 valence electrons. The van der Waals surface area contributed by atoms with Gasteiger partial charge in [-0.05, 0) is 23.8 Å². The Bertz CT molecular complexity index is 661. The second-order valence-corrected chi connectivity index (χ2v) is 4.80. The van der Waals surface area contributed by atoms with Gasteiger partial charge in [-0.2, -0.15) is 0 Å². The smallest absolute Gasteiger partial charge is 0.337 e. The van der Waals surface area contributed by atoms with Gasteiger partial charge in [0.2, 0.25) is 5.95 Å². The summed E-state index contributed by atoms with van der Waals surface area (Å²) in [5, 5.41) is 8.44. The first kappa shape index (κ1) is 17.2. The van der Waals surface area contributed by atoms with Gasteiger partial charge in [0.25, 0.3) is 0 Å². The molecule has 8 heteroatoms. The molecule has 0 saturated carbocycles. The SMILES string of the molecule is COC(=O)c1ccc(CNC(=O)NCCNc2ncccn2)cc1. The van der Waals surface area contributed by atoms with Crippen molar-refractivity contribution in [3.8, 4) is 0 Å². The average molecular weight is 329 g/mol. The van der Waals surface area contributed by atoms with Crippen LogP contribution in [0.5, 0.6) is 0 Å². The number of esters is 1. The lowest BCUT2D eigenvalue weighted by atomic mass is 10.1. The largest absolute Gasteiger partial charge is 0.465 e. The molecule has 0 spiro atoms. The topological polar surface area (TPSA) is 105 Å². The number of benzene rings is 1. The molecule has 1 aromatic carbocycles. The second kappa shape index (κ2) is 9.09. The van der Waals surface area contributed by atoms with Crippen molar-refractivity contribution in [1.82, 2.24) is 20.6 Å². The predicted molar refractivity (Wildman–Crippen MR) is 88.5 cm³/mol. The van der Waals surface area contributed by atoms with Gasteiger partial charge in [-0.1, -0.05) is 12.1 Å². The zero-order valence-electron chi connectivity index (χ0n) is 13.3. The Hall–Kier alpha value is -3.16. The van der Waals surface area contributed by atoms with E-state index in [1.54, 1.807) is 42.7 Å². The third kappa shape index (κ3) is 5.56. The minimum atomic E-state index is -0.387. The number of rotatable bonds is 7. The number of hydrogen-bond donors (Lipinski definition) is 3. The van der Waals surface area contributed by atoms with Crippen LogP contribution in [0, 0.1) is 0 Å². The van der Waals surface area contributed by atoms with Crippen LogP contribution < -0.4 is 16.0 Å². The number of nitrogens with one attached hydrogen (secondary N) is 3. The van der Waals surface area contributed by atoms with Crippen LogP contribution in [0.15, 0.2) is 42.7 Å². The molecule has 2 amide bonds. The van der Waals surface area contributed by atoms with Crippen molar-refractivity contribution in [2.24, 2.45) is 0 Å². The fourth-order valence-electron chi connectivity index (χ4n) is 1.86. The summed E-state index contributed by atoms with van der Waals surface area (Å²) in [4.78, 5) is 31.0. The first-order valence-corrected chi connectivity index (χ1v) is 7.39. The van der Waals surface area contributed by atoms with Gasteiger partial charge in [0.05, 0.1) is 12.7 Å². The molecule has 0 aliphatic rings. The first-order valence-electron chi connectivity index (χ1n) is 7.39. The van der Waals surface area contributed by atoms with E-state index in [1.807, 2.05) is 0 Å². The number of anilines is 1. The summed E-state index contributed by atoms with van der Waals surface area (Å²) >= 11 is 0. The van der Waals surface area contributed by atoms with Crippen molar-refractivity contribution < 1.29 is 14.3 Å². The average Bonchev–Trinajstić information content (AvgIpc) is 2.64. The summed E-state index contributed by atoms with van der Waals surface area (Å²) < 4.78 is 4.63. The molecule has 0 radical (unpaired) electrons. The Labute approximate surface area is 139 Å².